The Bertz CT molecular complexity index is 507. The summed E-state index contributed by atoms with van der Waals surface area (Å²) in [5, 5.41) is 9.66. The van der Waals surface area contributed by atoms with Crippen LogP contribution in [-0.2, 0) is 9.53 Å². The highest BCUT2D eigenvalue weighted by atomic mass is 16.5. The predicted molar refractivity (Wildman–Crippen MR) is 90.8 cm³/mol. The highest BCUT2D eigenvalue weighted by molar-refractivity contribution is 5.75. The first-order valence-corrected chi connectivity index (χ1v) is 8.28. The van der Waals surface area contributed by atoms with E-state index < -0.39 is 12.0 Å². The number of carbonyl (C=O) groups is 1. The van der Waals surface area contributed by atoms with Gasteiger partial charge in [-0.1, -0.05) is 29.3 Å². The van der Waals surface area contributed by atoms with E-state index in [9.17, 15) is 9.90 Å². The number of hydrogen-bond donors (Lipinski definition) is 1. The minimum Gasteiger partial charge on any atom is -0.480 e. The van der Waals surface area contributed by atoms with Gasteiger partial charge in [0.15, 0.2) is 0 Å². The smallest absolute Gasteiger partial charge is 0.325 e. The molecule has 0 aromatic heterocycles. The van der Waals surface area contributed by atoms with Crippen LogP contribution in [0.25, 0.3) is 0 Å². The van der Waals surface area contributed by atoms with Crippen LogP contribution in [-0.4, -0.2) is 67.3 Å². The molecule has 2 rings (SSSR count). The number of hydrogen-bond acceptors (Lipinski definition) is 4. The Kier molecular flexibility index (Phi) is 6.57. The van der Waals surface area contributed by atoms with Crippen molar-refractivity contribution in [3.05, 3.63) is 34.9 Å². The van der Waals surface area contributed by atoms with Crippen molar-refractivity contribution < 1.29 is 14.6 Å². The van der Waals surface area contributed by atoms with E-state index in [4.69, 9.17) is 4.74 Å². The second-order valence-corrected chi connectivity index (χ2v) is 6.45. The quantitative estimate of drug-likeness (QED) is 0.834. The molecular formula is C18H28N2O3. The third-order valence-corrected chi connectivity index (χ3v) is 4.32. The van der Waals surface area contributed by atoms with Gasteiger partial charge in [-0.2, -0.15) is 0 Å². The zero-order valence-electron chi connectivity index (χ0n) is 14.4. The Labute approximate surface area is 138 Å². The van der Waals surface area contributed by atoms with E-state index in [0.717, 1.165) is 62.5 Å². The van der Waals surface area contributed by atoms with Crippen molar-refractivity contribution in [2.75, 3.05) is 46.4 Å². The van der Waals surface area contributed by atoms with Crippen molar-refractivity contribution in [2.24, 2.45) is 0 Å². The highest BCUT2D eigenvalue weighted by Crippen LogP contribution is 2.22. The number of ether oxygens (including phenoxy) is 1. The average molecular weight is 320 g/mol. The summed E-state index contributed by atoms with van der Waals surface area (Å²) in [6.07, 6.45) is 0.963. The lowest BCUT2D eigenvalue weighted by molar-refractivity contribution is -0.143. The van der Waals surface area contributed by atoms with Crippen LogP contribution < -0.4 is 0 Å². The molecule has 23 heavy (non-hydrogen) atoms. The lowest BCUT2D eigenvalue weighted by Gasteiger charge is -2.29. The van der Waals surface area contributed by atoms with E-state index >= 15 is 0 Å². The Morgan fingerprint density at radius 2 is 1.87 bits per heavy atom. The molecule has 1 aliphatic rings. The van der Waals surface area contributed by atoms with Crippen LogP contribution in [0.3, 0.4) is 0 Å². The van der Waals surface area contributed by atoms with Gasteiger partial charge < -0.3 is 9.84 Å². The van der Waals surface area contributed by atoms with Gasteiger partial charge in [0, 0.05) is 19.6 Å². The van der Waals surface area contributed by atoms with Gasteiger partial charge in [0.1, 0.15) is 6.04 Å². The van der Waals surface area contributed by atoms with Crippen molar-refractivity contribution in [1.82, 2.24) is 9.80 Å². The average Bonchev–Trinajstić information content (AvgIpc) is 2.47. The summed E-state index contributed by atoms with van der Waals surface area (Å²) in [6, 6.07) is 5.44. The van der Waals surface area contributed by atoms with Gasteiger partial charge in [0.2, 0.25) is 0 Å². The van der Waals surface area contributed by atoms with E-state index in [0.29, 0.717) is 0 Å². The van der Waals surface area contributed by atoms with Gasteiger partial charge in [-0.25, -0.2) is 0 Å². The van der Waals surface area contributed by atoms with Crippen LogP contribution in [0.4, 0.5) is 0 Å². The van der Waals surface area contributed by atoms with Crippen molar-refractivity contribution >= 4 is 5.97 Å². The first kappa shape index (κ1) is 17.9. The summed E-state index contributed by atoms with van der Waals surface area (Å²) >= 11 is 0. The van der Waals surface area contributed by atoms with Crippen molar-refractivity contribution in [3.63, 3.8) is 0 Å². The minimum absolute atomic E-state index is 0.585. The molecule has 1 aromatic carbocycles. The molecule has 1 saturated heterocycles. The largest absolute Gasteiger partial charge is 0.480 e. The molecule has 1 atom stereocenters. The highest BCUT2D eigenvalue weighted by Gasteiger charge is 2.25. The minimum atomic E-state index is -0.788. The number of aliphatic carboxylic acids is 1. The Morgan fingerprint density at radius 1 is 1.26 bits per heavy atom. The van der Waals surface area contributed by atoms with Gasteiger partial charge >= 0.3 is 5.97 Å². The Morgan fingerprint density at radius 3 is 2.43 bits per heavy atom. The topological polar surface area (TPSA) is 53.0 Å². The van der Waals surface area contributed by atoms with E-state index in [1.54, 1.807) is 0 Å². The number of nitrogens with zero attached hydrogens (tertiary/aromatic N) is 2. The van der Waals surface area contributed by atoms with Crippen molar-refractivity contribution in [1.29, 1.82) is 0 Å². The van der Waals surface area contributed by atoms with Crippen LogP contribution in [0, 0.1) is 13.8 Å². The first-order chi connectivity index (χ1) is 11.0. The zero-order valence-corrected chi connectivity index (χ0v) is 14.4. The van der Waals surface area contributed by atoms with E-state index in [2.05, 4.69) is 11.0 Å². The number of carboxylic acids is 1. The fourth-order valence-electron chi connectivity index (χ4n) is 3.25. The number of morpholine rings is 1. The van der Waals surface area contributed by atoms with E-state index in [-0.39, 0.29) is 0 Å². The van der Waals surface area contributed by atoms with Crippen LogP contribution in [0.5, 0.6) is 0 Å². The molecule has 1 aromatic rings. The van der Waals surface area contributed by atoms with Crippen LogP contribution in [0.2, 0.25) is 0 Å². The normalized spacial score (nSPS) is 17.4. The summed E-state index contributed by atoms with van der Waals surface area (Å²) in [5.74, 6) is -0.788. The first-order valence-electron chi connectivity index (χ1n) is 8.28. The molecule has 0 spiro atoms. The van der Waals surface area contributed by atoms with Crippen LogP contribution in [0.1, 0.15) is 29.2 Å². The number of rotatable bonds is 7. The molecule has 0 unspecified atom stereocenters. The maximum Gasteiger partial charge on any atom is 0.325 e. The van der Waals surface area contributed by atoms with Gasteiger partial charge in [-0.3, -0.25) is 14.6 Å². The molecule has 0 saturated carbocycles. The maximum absolute atomic E-state index is 11.8. The van der Waals surface area contributed by atoms with Crippen LogP contribution >= 0.6 is 0 Å². The molecular weight excluding hydrogens is 292 g/mol. The molecule has 1 fully saturated rings. The number of aryl methyl sites for hydroxylation is 2. The molecule has 0 aliphatic carbocycles. The van der Waals surface area contributed by atoms with Gasteiger partial charge in [-0.15, -0.1) is 0 Å². The zero-order chi connectivity index (χ0) is 16.8. The summed E-state index contributed by atoms with van der Waals surface area (Å²) in [5.41, 5.74) is 3.07. The SMILES string of the molecule is Cc1cc(C)cc([C@@H](C(=O)O)N(C)CCCN2CCOCC2)c1. The Balaban J connectivity index is 1.95. The number of carboxylic acid groups (broad SMARTS) is 1. The summed E-state index contributed by atoms with van der Waals surface area (Å²) in [6.45, 7) is 9.33. The summed E-state index contributed by atoms with van der Waals surface area (Å²) in [4.78, 5) is 16.1. The second-order valence-electron chi connectivity index (χ2n) is 6.45. The molecule has 0 bridgehead atoms. The predicted octanol–water partition coefficient (Wildman–Crippen LogP) is 2.08. The number of likely N-dealkylation sites (N-methyl/N-ethyl adjacent to an activating group) is 1. The molecule has 128 valence electrons. The molecule has 1 heterocycles. The van der Waals surface area contributed by atoms with Crippen molar-refractivity contribution in [3.8, 4) is 0 Å². The molecule has 5 heteroatoms. The molecule has 5 nitrogen and oxygen atoms in total. The molecule has 1 aliphatic heterocycles. The van der Waals surface area contributed by atoms with Gasteiger partial charge in [0.05, 0.1) is 13.2 Å². The fraction of sp³-hybridized carbons (Fsp3) is 0.611. The van der Waals surface area contributed by atoms with Gasteiger partial charge in [-0.05, 0) is 39.4 Å². The van der Waals surface area contributed by atoms with Crippen molar-refractivity contribution in [2.45, 2.75) is 26.3 Å². The number of benzene rings is 1. The fourth-order valence-corrected chi connectivity index (χ4v) is 3.25. The standard InChI is InChI=1S/C18H28N2O3/c1-14-11-15(2)13-16(12-14)17(18(21)22)19(3)5-4-6-20-7-9-23-10-8-20/h11-13,17H,4-10H2,1-3H3,(H,21,22)/t17-/m0/s1. The molecule has 1 N–H and O–H groups in total. The molecule has 0 radical (unpaired) electrons. The molecule has 0 amide bonds. The third-order valence-electron chi connectivity index (χ3n) is 4.32. The van der Waals surface area contributed by atoms with E-state index in [1.165, 1.54) is 0 Å². The summed E-state index contributed by atoms with van der Waals surface area (Å²) in [7, 11) is 1.90. The monoisotopic (exact) mass is 320 g/mol. The van der Waals surface area contributed by atoms with Crippen LogP contribution in [0.15, 0.2) is 18.2 Å². The third kappa shape index (κ3) is 5.30. The Hall–Kier alpha value is -1.43. The second kappa shape index (κ2) is 8.43. The van der Waals surface area contributed by atoms with E-state index in [1.807, 2.05) is 37.9 Å². The van der Waals surface area contributed by atoms with Gasteiger partial charge in [0.25, 0.3) is 0 Å². The summed E-state index contributed by atoms with van der Waals surface area (Å²) < 4.78 is 5.35. The lowest BCUT2D eigenvalue weighted by Crippen LogP contribution is -2.38. The maximum atomic E-state index is 11.8. The lowest BCUT2D eigenvalue weighted by atomic mass is 10.0.